The third-order valence-corrected chi connectivity index (χ3v) is 4.01. The molecule has 18 heavy (non-hydrogen) atoms. The number of unbranched alkanes of at least 4 members (excludes halogenated alkanes) is 8. The monoisotopic (exact) mass is 254 g/mol. The summed E-state index contributed by atoms with van der Waals surface area (Å²) in [5.74, 6) is 0. The topological polar surface area (TPSA) is 15.3 Å². The minimum atomic E-state index is 1.19. The van der Waals surface area contributed by atoms with Gasteiger partial charge in [0.05, 0.1) is 0 Å². The molecule has 1 heterocycles. The van der Waals surface area contributed by atoms with Crippen molar-refractivity contribution in [3.63, 3.8) is 0 Å². The lowest BCUT2D eigenvalue weighted by molar-refractivity contribution is 0.284. The zero-order chi connectivity index (χ0) is 12.9. The SMILES string of the molecule is CCCCCCCCCCCN1CCCNCC1. The van der Waals surface area contributed by atoms with Crippen LogP contribution in [0.25, 0.3) is 0 Å². The molecule has 1 rings (SSSR count). The van der Waals surface area contributed by atoms with E-state index in [0.717, 1.165) is 0 Å². The molecular formula is C16H34N2. The highest BCUT2D eigenvalue weighted by atomic mass is 15.1. The van der Waals surface area contributed by atoms with Crippen LogP contribution in [-0.4, -0.2) is 37.6 Å². The van der Waals surface area contributed by atoms with Gasteiger partial charge in [0, 0.05) is 13.1 Å². The maximum atomic E-state index is 3.47. The van der Waals surface area contributed by atoms with Crippen molar-refractivity contribution < 1.29 is 0 Å². The van der Waals surface area contributed by atoms with Crippen molar-refractivity contribution in [1.82, 2.24) is 10.2 Å². The van der Waals surface area contributed by atoms with E-state index in [9.17, 15) is 0 Å². The van der Waals surface area contributed by atoms with Gasteiger partial charge in [-0.3, -0.25) is 0 Å². The predicted molar refractivity (Wildman–Crippen MR) is 81.2 cm³/mol. The van der Waals surface area contributed by atoms with Gasteiger partial charge in [-0.05, 0) is 32.5 Å². The summed E-state index contributed by atoms with van der Waals surface area (Å²) in [6.45, 7) is 8.60. The summed E-state index contributed by atoms with van der Waals surface area (Å²) >= 11 is 0. The number of hydrogen-bond donors (Lipinski definition) is 1. The first-order valence-corrected chi connectivity index (χ1v) is 8.36. The van der Waals surface area contributed by atoms with Crippen molar-refractivity contribution in [2.75, 3.05) is 32.7 Å². The number of hydrogen-bond acceptors (Lipinski definition) is 2. The Morgan fingerprint density at radius 3 is 2.17 bits per heavy atom. The molecule has 0 aromatic carbocycles. The zero-order valence-electron chi connectivity index (χ0n) is 12.6. The lowest BCUT2D eigenvalue weighted by atomic mass is 10.1. The smallest absolute Gasteiger partial charge is 0.0107 e. The minimum absolute atomic E-state index is 1.19. The largest absolute Gasteiger partial charge is 0.315 e. The second-order valence-electron chi connectivity index (χ2n) is 5.77. The van der Waals surface area contributed by atoms with Crippen LogP contribution in [-0.2, 0) is 0 Å². The molecule has 0 aliphatic carbocycles. The van der Waals surface area contributed by atoms with Crippen molar-refractivity contribution in [3.8, 4) is 0 Å². The molecule has 108 valence electrons. The van der Waals surface area contributed by atoms with Crippen molar-refractivity contribution in [2.24, 2.45) is 0 Å². The molecule has 1 aliphatic heterocycles. The van der Waals surface area contributed by atoms with Crippen LogP contribution in [0.3, 0.4) is 0 Å². The van der Waals surface area contributed by atoms with Crippen LogP contribution in [0.15, 0.2) is 0 Å². The molecule has 0 unspecified atom stereocenters. The normalized spacial score (nSPS) is 17.8. The Labute approximate surface area is 115 Å². The van der Waals surface area contributed by atoms with Gasteiger partial charge >= 0.3 is 0 Å². The van der Waals surface area contributed by atoms with Gasteiger partial charge in [0.1, 0.15) is 0 Å². The molecule has 0 aromatic heterocycles. The van der Waals surface area contributed by atoms with E-state index < -0.39 is 0 Å². The molecule has 1 aliphatic rings. The second kappa shape index (κ2) is 12.0. The van der Waals surface area contributed by atoms with E-state index in [0.29, 0.717) is 0 Å². The van der Waals surface area contributed by atoms with E-state index >= 15 is 0 Å². The third-order valence-electron chi connectivity index (χ3n) is 4.01. The summed E-state index contributed by atoms with van der Waals surface area (Å²) in [5, 5.41) is 3.47. The highest BCUT2D eigenvalue weighted by Gasteiger charge is 2.07. The molecule has 2 nitrogen and oxygen atoms in total. The quantitative estimate of drug-likeness (QED) is 0.596. The summed E-state index contributed by atoms with van der Waals surface area (Å²) in [6, 6.07) is 0. The van der Waals surface area contributed by atoms with Crippen LogP contribution in [0.4, 0.5) is 0 Å². The van der Waals surface area contributed by atoms with Crippen molar-refractivity contribution in [1.29, 1.82) is 0 Å². The first-order chi connectivity index (χ1) is 8.93. The summed E-state index contributed by atoms with van der Waals surface area (Å²) in [6.07, 6.45) is 14.3. The predicted octanol–water partition coefficient (Wildman–Crippen LogP) is 3.81. The third kappa shape index (κ3) is 8.93. The summed E-state index contributed by atoms with van der Waals surface area (Å²) < 4.78 is 0. The fourth-order valence-corrected chi connectivity index (χ4v) is 2.77. The van der Waals surface area contributed by atoms with Gasteiger partial charge in [-0.2, -0.15) is 0 Å². The van der Waals surface area contributed by atoms with E-state index in [-0.39, 0.29) is 0 Å². The van der Waals surface area contributed by atoms with Gasteiger partial charge in [-0.25, -0.2) is 0 Å². The van der Waals surface area contributed by atoms with Gasteiger partial charge in [0.15, 0.2) is 0 Å². The lowest BCUT2D eigenvalue weighted by Gasteiger charge is -2.18. The van der Waals surface area contributed by atoms with Gasteiger partial charge in [0.25, 0.3) is 0 Å². The maximum absolute atomic E-state index is 3.47. The molecule has 0 bridgehead atoms. The van der Waals surface area contributed by atoms with E-state index in [1.54, 1.807) is 0 Å². The molecule has 0 amide bonds. The molecule has 0 atom stereocenters. The Kier molecular flexibility index (Phi) is 10.6. The molecule has 0 radical (unpaired) electrons. The second-order valence-corrected chi connectivity index (χ2v) is 5.77. The molecule has 1 fully saturated rings. The molecule has 1 N–H and O–H groups in total. The first-order valence-electron chi connectivity index (χ1n) is 8.36. The number of nitrogens with zero attached hydrogens (tertiary/aromatic N) is 1. The summed E-state index contributed by atoms with van der Waals surface area (Å²) in [4.78, 5) is 2.64. The van der Waals surface area contributed by atoms with Crippen molar-refractivity contribution >= 4 is 0 Å². The minimum Gasteiger partial charge on any atom is -0.315 e. The van der Waals surface area contributed by atoms with Gasteiger partial charge in [0.2, 0.25) is 0 Å². The average molecular weight is 254 g/mol. The standard InChI is InChI=1S/C16H34N2/c1-2-3-4-5-6-7-8-9-10-14-18-15-11-12-17-13-16-18/h17H,2-16H2,1H3. The number of rotatable bonds is 10. The van der Waals surface area contributed by atoms with E-state index in [2.05, 4.69) is 17.1 Å². The van der Waals surface area contributed by atoms with Crippen LogP contribution in [0.5, 0.6) is 0 Å². The lowest BCUT2D eigenvalue weighted by Crippen LogP contribution is -2.29. The van der Waals surface area contributed by atoms with Crippen LogP contribution >= 0.6 is 0 Å². The van der Waals surface area contributed by atoms with Crippen LogP contribution in [0, 0.1) is 0 Å². The molecule has 1 saturated heterocycles. The number of nitrogens with one attached hydrogen (secondary N) is 1. The van der Waals surface area contributed by atoms with Crippen LogP contribution in [0.1, 0.15) is 71.1 Å². The highest BCUT2D eigenvalue weighted by molar-refractivity contribution is 4.65. The molecule has 0 aromatic rings. The van der Waals surface area contributed by atoms with Gasteiger partial charge in [-0.15, -0.1) is 0 Å². The Morgan fingerprint density at radius 1 is 0.778 bits per heavy atom. The summed E-state index contributed by atoms with van der Waals surface area (Å²) in [7, 11) is 0. The van der Waals surface area contributed by atoms with Gasteiger partial charge in [-0.1, -0.05) is 58.3 Å². The van der Waals surface area contributed by atoms with E-state index in [1.807, 2.05) is 0 Å². The van der Waals surface area contributed by atoms with E-state index in [1.165, 1.54) is 96.9 Å². The first kappa shape index (κ1) is 16.0. The molecular weight excluding hydrogens is 220 g/mol. The van der Waals surface area contributed by atoms with Crippen molar-refractivity contribution in [3.05, 3.63) is 0 Å². The molecule has 2 heteroatoms. The van der Waals surface area contributed by atoms with Crippen LogP contribution < -0.4 is 5.32 Å². The highest BCUT2D eigenvalue weighted by Crippen LogP contribution is 2.10. The fraction of sp³-hybridized carbons (Fsp3) is 1.00. The Balaban J connectivity index is 1.80. The average Bonchev–Trinajstić information content (AvgIpc) is 2.65. The molecule has 0 spiro atoms. The maximum Gasteiger partial charge on any atom is 0.0107 e. The molecule has 0 saturated carbocycles. The fourth-order valence-electron chi connectivity index (χ4n) is 2.77. The Morgan fingerprint density at radius 2 is 1.44 bits per heavy atom. The summed E-state index contributed by atoms with van der Waals surface area (Å²) in [5.41, 5.74) is 0. The van der Waals surface area contributed by atoms with Crippen LogP contribution in [0.2, 0.25) is 0 Å². The van der Waals surface area contributed by atoms with Crippen molar-refractivity contribution in [2.45, 2.75) is 71.1 Å². The van der Waals surface area contributed by atoms with E-state index in [4.69, 9.17) is 0 Å². The van der Waals surface area contributed by atoms with Gasteiger partial charge < -0.3 is 10.2 Å². The zero-order valence-corrected chi connectivity index (χ0v) is 12.6. The Hall–Kier alpha value is -0.0800. The Bertz CT molecular complexity index is 162.